The average molecular weight is 364 g/mol. The van der Waals surface area contributed by atoms with Gasteiger partial charge in [-0.05, 0) is 11.6 Å². The van der Waals surface area contributed by atoms with Crippen LogP contribution >= 0.6 is 0 Å². The molecule has 0 aliphatic carbocycles. The van der Waals surface area contributed by atoms with Gasteiger partial charge in [-0.15, -0.1) is 0 Å². The number of morpholine rings is 1. The lowest BCUT2D eigenvalue weighted by Crippen LogP contribution is -2.52. The van der Waals surface area contributed by atoms with Crippen molar-refractivity contribution in [3.05, 3.63) is 71.9 Å². The van der Waals surface area contributed by atoms with Gasteiger partial charge < -0.3 is 19.3 Å². The summed E-state index contributed by atoms with van der Waals surface area (Å²) in [4.78, 5) is 26.1. The van der Waals surface area contributed by atoms with Crippen molar-refractivity contribution in [1.82, 2.24) is 9.47 Å². The van der Waals surface area contributed by atoms with Gasteiger partial charge in [0.25, 0.3) is 5.91 Å². The molecule has 0 unspecified atom stereocenters. The minimum Gasteiger partial charge on any atom is -0.480 e. The number of carboxylic acids is 1. The molecule has 27 heavy (non-hydrogen) atoms. The third-order valence-electron chi connectivity index (χ3n) is 4.89. The van der Waals surface area contributed by atoms with Gasteiger partial charge in [-0.2, -0.15) is 0 Å². The first-order valence-electron chi connectivity index (χ1n) is 8.88. The van der Waals surface area contributed by atoms with Crippen LogP contribution in [0, 0.1) is 0 Å². The SMILES string of the molecule is O=C(O)[C@@H]1COCCN1C(=O)c1cn(Cc2ccccc2)c2ccccc12. The van der Waals surface area contributed by atoms with Gasteiger partial charge in [-0.1, -0.05) is 48.5 Å². The predicted octanol–water partition coefficient (Wildman–Crippen LogP) is 2.62. The van der Waals surface area contributed by atoms with Crippen LogP contribution in [-0.2, 0) is 16.1 Å². The van der Waals surface area contributed by atoms with E-state index >= 15 is 0 Å². The van der Waals surface area contributed by atoms with Crippen molar-refractivity contribution < 1.29 is 19.4 Å². The number of carboxylic acid groups (broad SMARTS) is 1. The van der Waals surface area contributed by atoms with Crippen LogP contribution in [0.3, 0.4) is 0 Å². The molecule has 2 aromatic carbocycles. The van der Waals surface area contributed by atoms with Crippen molar-refractivity contribution in [2.24, 2.45) is 0 Å². The van der Waals surface area contributed by atoms with Crippen molar-refractivity contribution in [2.75, 3.05) is 19.8 Å². The Kier molecular flexibility index (Phi) is 4.64. The van der Waals surface area contributed by atoms with E-state index in [2.05, 4.69) is 0 Å². The molecule has 1 N–H and O–H groups in total. The molecule has 1 fully saturated rings. The Morgan fingerprint density at radius 1 is 1.07 bits per heavy atom. The van der Waals surface area contributed by atoms with E-state index in [0.29, 0.717) is 18.7 Å². The van der Waals surface area contributed by atoms with Crippen molar-refractivity contribution in [2.45, 2.75) is 12.6 Å². The third kappa shape index (κ3) is 3.31. The summed E-state index contributed by atoms with van der Waals surface area (Å²) in [6.07, 6.45) is 1.83. The zero-order valence-corrected chi connectivity index (χ0v) is 14.7. The second-order valence-corrected chi connectivity index (χ2v) is 6.60. The Hall–Kier alpha value is -3.12. The molecule has 1 aliphatic heterocycles. The number of amides is 1. The molecule has 1 atom stereocenters. The summed E-state index contributed by atoms with van der Waals surface area (Å²) in [6.45, 7) is 1.27. The number of rotatable bonds is 4. The van der Waals surface area contributed by atoms with Gasteiger partial charge >= 0.3 is 5.97 Å². The van der Waals surface area contributed by atoms with Crippen LogP contribution < -0.4 is 0 Å². The summed E-state index contributed by atoms with van der Waals surface area (Å²) in [5, 5.41) is 10.3. The molecule has 1 aromatic heterocycles. The second kappa shape index (κ2) is 7.25. The Balaban J connectivity index is 1.73. The zero-order valence-electron chi connectivity index (χ0n) is 14.7. The number of carbonyl (C=O) groups is 2. The highest BCUT2D eigenvalue weighted by Crippen LogP contribution is 2.25. The summed E-state index contributed by atoms with van der Waals surface area (Å²) in [5.41, 5.74) is 2.60. The first-order chi connectivity index (χ1) is 13.1. The van der Waals surface area contributed by atoms with E-state index in [1.165, 1.54) is 4.90 Å². The van der Waals surface area contributed by atoms with Crippen LogP contribution in [0.1, 0.15) is 15.9 Å². The fourth-order valence-electron chi connectivity index (χ4n) is 3.53. The number of fused-ring (bicyclic) bond motifs is 1. The van der Waals surface area contributed by atoms with Crippen molar-refractivity contribution in [3.63, 3.8) is 0 Å². The number of para-hydroxylation sites is 1. The number of hydrogen-bond donors (Lipinski definition) is 1. The van der Waals surface area contributed by atoms with Gasteiger partial charge in [-0.25, -0.2) is 4.79 Å². The van der Waals surface area contributed by atoms with E-state index in [1.807, 2.05) is 65.4 Å². The summed E-state index contributed by atoms with van der Waals surface area (Å²) < 4.78 is 7.29. The van der Waals surface area contributed by atoms with E-state index in [-0.39, 0.29) is 19.1 Å². The van der Waals surface area contributed by atoms with E-state index in [9.17, 15) is 14.7 Å². The Morgan fingerprint density at radius 3 is 2.59 bits per heavy atom. The number of aliphatic carboxylic acids is 1. The molecule has 0 bridgehead atoms. The maximum Gasteiger partial charge on any atom is 0.328 e. The summed E-state index contributed by atoms with van der Waals surface area (Å²) in [5.74, 6) is -1.32. The smallest absolute Gasteiger partial charge is 0.328 e. The molecule has 0 spiro atoms. The molecule has 1 saturated heterocycles. The number of hydrogen-bond acceptors (Lipinski definition) is 3. The quantitative estimate of drug-likeness (QED) is 0.772. The predicted molar refractivity (Wildman–Crippen MR) is 101 cm³/mol. The molecular formula is C21H20N2O4. The molecule has 0 radical (unpaired) electrons. The number of benzene rings is 2. The Labute approximate surface area is 156 Å². The van der Waals surface area contributed by atoms with Gasteiger partial charge in [0.2, 0.25) is 0 Å². The molecular weight excluding hydrogens is 344 g/mol. The fourth-order valence-corrected chi connectivity index (χ4v) is 3.53. The van der Waals surface area contributed by atoms with Gasteiger partial charge in [0.15, 0.2) is 6.04 Å². The topological polar surface area (TPSA) is 71.8 Å². The molecule has 6 nitrogen and oxygen atoms in total. The van der Waals surface area contributed by atoms with Crippen molar-refractivity contribution in [3.8, 4) is 0 Å². The van der Waals surface area contributed by atoms with Gasteiger partial charge in [0, 0.05) is 30.2 Å². The monoisotopic (exact) mass is 364 g/mol. The molecule has 4 rings (SSSR count). The minimum atomic E-state index is -1.05. The summed E-state index contributed by atoms with van der Waals surface area (Å²) >= 11 is 0. The Bertz CT molecular complexity index is 980. The molecule has 6 heteroatoms. The highest BCUT2D eigenvalue weighted by Gasteiger charge is 2.34. The molecule has 1 aliphatic rings. The number of aromatic nitrogens is 1. The molecule has 2 heterocycles. The normalized spacial score (nSPS) is 17.2. The first-order valence-corrected chi connectivity index (χ1v) is 8.88. The standard InChI is InChI=1S/C21H20N2O4/c24-20(23-10-11-27-14-19(23)21(25)26)17-13-22(12-15-6-2-1-3-7-15)18-9-5-4-8-16(17)18/h1-9,13,19H,10-12,14H2,(H,25,26)/t19-/m0/s1. The van der Waals surface area contributed by atoms with Crippen LogP contribution in [0.5, 0.6) is 0 Å². The van der Waals surface area contributed by atoms with Gasteiger partial charge in [0.1, 0.15) is 0 Å². The van der Waals surface area contributed by atoms with Crippen molar-refractivity contribution >= 4 is 22.8 Å². The molecule has 1 amide bonds. The third-order valence-corrected chi connectivity index (χ3v) is 4.89. The summed E-state index contributed by atoms with van der Waals surface area (Å²) in [7, 11) is 0. The van der Waals surface area contributed by atoms with Crippen LogP contribution in [-0.4, -0.2) is 52.3 Å². The minimum absolute atomic E-state index is 0.0176. The highest BCUT2D eigenvalue weighted by atomic mass is 16.5. The van der Waals surface area contributed by atoms with Crippen LogP contribution in [0.15, 0.2) is 60.8 Å². The van der Waals surface area contributed by atoms with Crippen LogP contribution in [0.4, 0.5) is 0 Å². The summed E-state index contributed by atoms with van der Waals surface area (Å²) in [6, 6.07) is 16.8. The zero-order chi connectivity index (χ0) is 18.8. The number of carbonyl (C=O) groups excluding carboxylic acids is 1. The lowest BCUT2D eigenvalue weighted by molar-refractivity contribution is -0.147. The first kappa shape index (κ1) is 17.3. The van der Waals surface area contributed by atoms with Gasteiger partial charge in [-0.3, -0.25) is 4.79 Å². The fraction of sp³-hybridized carbons (Fsp3) is 0.238. The van der Waals surface area contributed by atoms with Crippen LogP contribution in [0.2, 0.25) is 0 Å². The van der Waals surface area contributed by atoms with Crippen molar-refractivity contribution in [1.29, 1.82) is 0 Å². The lowest BCUT2D eigenvalue weighted by atomic mass is 10.1. The van der Waals surface area contributed by atoms with E-state index < -0.39 is 12.0 Å². The average Bonchev–Trinajstić information content (AvgIpc) is 3.07. The molecule has 3 aromatic rings. The molecule has 0 saturated carbocycles. The lowest BCUT2D eigenvalue weighted by Gasteiger charge is -2.32. The Morgan fingerprint density at radius 2 is 1.81 bits per heavy atom. The van der Waals surface area contributed by atoms with E-state index in [4.69, 9.17) is 4.74 Å². The van der Waals surface area contributed by atoms with Crippen LogP contribution in [0.25, 0.3) is 10.9 Å². The van der Waals surface area contributed by atoms with Gasteiger partial charge in [0.05, 0.1) is 18.8 Å². The number of ether oxygens (including phenoxy) is 1. The highest BCUT2D eigenvalue weighted by molar-refractivity contribution is 6.08. The second-order valence-electron chi connectivity index (χ2n) is 6.60. The van der Waals surface area contributed by atoms with E-state index in [1.54, 1.807) is 0 Å². The maximum atomic E-state index is 13.2. The molecule has 138 valence electrons. The maximum absolute atomic E-state index is 13.2. The van der Waals surface area contributed by atoms with E-state index in [0.717, 1.165) is 16.5 Å². The number of nitrogens with zero attached hydrogens (tertiary/aromatic N) is 2. The largest absolute Gasteiger partial charge is 0.480 e.